The van der Waals surface area contributed by atoms with Gasteiger partial charge in [-0.3, -0.25) is 4.79 Å². The second-order valence-electron chi connectivity index (χ2n) is 5.41. The van der Waals surface area contributed by atoms with E-state index in [1.54, 1.807) is 6.07 Å². The molecule has 2 aliphatic rings. The van der Waals surface area contributed by atoms with Crippen LogP contribution in [0.15, 0.2) is 18.2 Å². The van der Waals surface area contributed by atoms with Crippen LogP contribution in [0.4, 0.5) is 10.1 Å². The number of ketones is 1. The maximum atomic E-state index is 13.8. The van der Waals surface area contributed by atoms with Crippen molar-refractivity contribution >= 4 is 11.5 Å². The topological polar surface area (TPSA) is 29.5 Å². The third-order valence-corrected chi connectivity index (χ3v) is 4.22. The summed E-state index contributed by atoms with van der Waals surface area (Å²) in [4.78, 5) is 13.9. The van der Waals surface area contributed by atoms with Crippen LogP contribution in [-0.4, -0.2) is 25.0 Å². The molecule has 2 heterocycles. The summed E-state index contributed by atoms with van der Waals surface area (Å²) in [6, 6.07) is 5.57. The zero-order valence-corrected chi connectivity index (χ0v) is 11.1. The Labute approximate surface area is 112 Å². The fourth-order valence-corrected chi connectivity index (χ4v) is 3.41. The van der Waals surface area contributed by atoms with E-state index in [-0.39, 0.29) is 23.7 Å². The minimum atomic E-state index is -0.338. The quantitative estimate of drug-likeness (QED) is 0.821. The SMILES string of the molecule is COc1ccc(N2C3CCCC2CC(=O)C3)cc1F. The number of Topliss-reactive ketones (excluding diaryl/α,β-unsaturated/α-hetero) is 1. The normalized spacial score (nSPS) is 26.4. The molecular weight excluding hydrogens is 245 g/mol. The average Bonchev–Trinajstić information content (AvgIpc) is 2.37. The lowest BCUT2D eigenvalue weighted by Crippen LogP contribution is -2.52. The van der Waals surface area contributed by atoms with E-state index >= 15 is 0 Å². The maximum absolute atomic E-state index is 13.8. The van der Waals surface area contributed by atoms with Gasteiger partial charge in [-0.05, 0) is 31.4 Å². The Hall–Kier alpha value is -1.58. The number of nitrogens with zero attached hydrogens (tertiary/aromatic N) is 1. The molecule has 2 bridgehead atoms. The first-order valence-corrected chi connectivity index (χ1v) is 6.82. The first-order valence-electron chi connectivity index (χ1n) is 6.82. The van der Waals surface area contributed by atoms with Gasteiger partial charge in [-0.1, -0.05) is 0 Å². The first-order chi connectivity index (χ1) is 9.19. The number of hydrogen-bond acceptors (Lipinski definition) is 3. The largest absolute Gasteiger partial charge is 0.494 e. The predicted molar refractivity (Wildman–Crippen MR) is 71.1 cm³/mol. The molecule has 2 atom stereocenters. The molecule has 1 aromatic carbocycles. The molecule has 0 radical (unpaired) electrons. The van der Waals surface area contributed by atoms with E-state index in [2.05, 4.69) is 4.90 Å². The van der Waals surface area contributed by atoms with Crippen LogP contribution >= 0.6 is 0 Å². The van der Waals surface area contributed by atoms with Gasteiger partial charge in [0, 0.05) is 36.7 Å². The molecular formula is C15H18FNO2. The van der Waals surface area contributed by atoms with Crippen LogP contribution in [0.3, 0.4) is 0 Å². The van der Waals surface area contributed by atoms with Crippen LogP contribution in [0.2, 0.25) is 0 Å². The number of piperidine rings is 2. The molecule has 0 N–H and O–H groups in total. The van der Waals surface area contributed by atoms with E-state index in [0.717, 1.165) is 24.9 Å². The van der Waals surface area contributed by atoms with E-state index in [4.69, 9.17) is 4.74 Å². The van der Waals surface area contributed by atoms with Crippen molar-refractivity contribution in [1.82, 2.24) is 0 Å². The van der Waals surface area contributed by atoms with Gasteiger partial charge in [0.25, 0.3) is 0 Å². The second-order valence-corrected chi connectivity index (χ2v) is 5.41. The van der Waals surface area contributed by atoms with Crippen molar-refractivity contribution in [2.24, 2.45) is 0 Å². The van der Waals surface area contributed by atoms with Crippen molar-refractivity contribution in [2.75, 3.05) is 12.0 Å². The Bertz CT molecular complexity index is 487. The molecule has 0 aromatic heterocycles. The van der Waals surface area contributed by atoms with Crippen molar-refractivity contribution < 1.29 is 13.9 Å². The van der Waals surface area contributed by atoms with E-state index in [0.29, 0.717) is 18.6 Å². The molecule has 3 nitrogen and oxygen atoms in total. The molecule has 3 rings (SSSR count). The summed E-state index contributed by atoms with van der Waals surface area (Å²) in [6.07, 6.45) is 4.41. The van der Waals surface area contributed by atoms with Crippen molar-refractivity contribution in [2.45, 2.75) is 44.2 Å². The minimum Gasteiger partial charge on any atom is -0.494 e. The molecule has 0 saturated carbocycles. The van der Waals surface area contributed by atoms with Crippen LogP contribution in [0.1, 0.15) is 32.1 Å². The van der Waals surface area contributed by atoms with Crippen molar-refractivity contribution in [3.63, 3.8) is 0 Å². The lowest BCUT2D eigenvalue weighted by molar-refractivity contribution is -0.121. The van der Waals surface area contributed by atoms with Gasteiger partial charge in [0.05, 0.1) is 7.11 Å². The Morgan fingerprint density at radius 1 is 1.26 bits per heavy atom. The van der Waals surface area contributed by atoms with Gasteiger partial charge < -0.3 is 9.64 Å². The van der Waals surface area contributed by atoms with Gasteiger partial charge in [-0.2, -0.15) is 0 Å². The molecule has 2 fully saturated rings. The second kappa shape index (κ2) is 4.83. The Morgan fingerprint density at radius 2 is 1.95 bits per heavy atom. The molecule has 0 aliphatic carbocycles. The van der Waals surface area contributed by atoms with E-state index in [1.165, 1.54) is 13.2 Å². The zero-order chi connectivity index (χ0) is 13.4. The summed E-state index contributed by atoms with van der Waals surface area (Å²) in [5.74, 6) is 0.275. The monoisotopic (exact) mass is 263 g/mol. The van der Waals surface area contributed by atoms with Crippen LogP contribution in [0.5, 0.6) is 5.75 Å². The highest BCUT2D eigenvalue weighted by atomic mass is 19.1. The molecule has 2 saturated heterocycles. The molecule has 19 heavy (non-hydrogen) atoms. The summed E-state index contributed by atoms with van der Waals surface area (Å²) in [7, 11) is 1.46. The van der Waals surface area contributed by atoms with Crippen LogP contribution in [-0.2, 0) is 4.79 Å². The Balaban J connectivity index is 1.92. The van der Waals surface area contributed by atoms with Gasteiger partial charge in [0.15, 0.2) is 11.6 Å². The molecule has 0 spiro atoms. The van der Waals surface area contributed by atoms with Gasteiger partial charge in [-0.15, -0.1) is 0 Å². The summed E-state index contributed by atoms with van der Waals surface area (Å²) in [5, 5.41) is 0. The molecule has 102 valence electrons. The number of methoxy groups -OCH3 is 1. The van der Waals surface area contributed by atoms with Crippen molar-refractivity contribution in [3.05, 3.63) is 24.0 Å². The van der Waals surface area contributed by atoms with Crippen molar-refractivity contribution in [1.29, 1.82) is 0 Å². The van der Waals surface area contributed by atoms with E-state index < -0.39 is 0 Å². The van der Waals surface area contributed by atoms with Gasteiger partial charge in [0.1, 0.15) is 5.78 Å². The standard InChI is InChI=1S/C15H18FNO2/c1-19-15-6-5-12(9-14(15)16)17-10-3-2-4-11(17)8-13(18)7-10/h5-6,9-11H,2-4,7-8H2,1H3. The zero-order valence-electron chi connectivity index (χ0n) is 11.1. The Kier molecular flexibility index (Phi) is 3.17. The molecule has 4 heteroatoms. The third-order valence-electron chi connectivity index (χ3n) is 4.22. The van der Waals surface area contributed by atoms with Gasteiger partial charge in [-0.25, -0.2) is 4.39 Å². The fourth-order valence-electron chi connectivity index (χ4n) is 3.41. The molecule has 0 amide bonds. The number of carbonyl (C=O) groups excluding carboxylic acids is 1. The number of carbonyl (C=O) groups is 1. The predicted octanol–water partition coefficient (Wildman–Crippen LogP) is 2.92. The lowest BCUT2D eigenvalue weighted by Gasteiger charge is -2.47. The smallest absolute Gasteiger partial charge is 0.167 e. The Morgan fingerprint density at radius 3 is 2.53 bits per heavy atom. The number of benzene rings is 1. The number of anilines is 1. The number of fused-ring (bicyclic) bond motifs is 2. The van der Waals surface area contributed by atoms with Gasteiger partial charge in [0.2, 0.25) is 0 Å². The average molecular weight is 263 g/mol. The summed E-state index contributed by atoms with van der Waals surface area (Å²) >= 11 is 0. The maximum Gasteiger partial charge on any atom is 0.167 e. The lowest BCUT2D eigenvalue weighted by atomic mass is 9.83. The number of hydrogen-bond donors (Lipinski definition) is 0. The number of ether oxygens (including phenoxy) is 1. The summed E-state index contributed by atoms with van der Waals surface area (Å²) < 4.78 is 18.8. The van der Waals surface area contributed by atoms with E-state index in [1.807, 2.05) is 6.07 Å². The van der Waals surface area contributed by atoms with Crippen molar-refractivity contribution in [3.8, 4) is 5.75 Å². The summed E-state index contributed by atoms with van der Waals surface area (Å²) in [6.45, 7) is 0. The first kappa shape index (κ1) is 12.5. The van der Waals surface area contributed by atoms with Crippen LogP contribution in [0, 0.1) is 5.82 Å². The minimum absolute atomic E-state index is 0.243. The highest BCUT2D eigenvalue weighted by molar-refractivity contribution is 5.82. The highest BCUT2D eigenvalue weighted by Crippen LogP contribution is 2.37. The highest BCUT2D eigenvalue weighted by Gasteiger charge is 2.37. The fraction of sp³-hybridized carbons (Fsp3) is 0.533. The molecule has 1 aromatic rings. The number of halogens is 1. The van der Waals surface area contributed by atoms with Gasteiger partial charge >= 0.3 is 0 Å². The summed E-state index contributed by atoms with van der Waals surface area (Å²) in [5.41, 5.74) is 0.875. The molecule has 2 aliphatic heterocycles. The van der Waals surface area contributed by atoms with Crippen LogP contribution < -0.4 is 9.64 Å². The third kappa shape index (κ3) is 2.20. The molecule has 2 unspecified atom stereocenters. The van der Waals surface area contributed by atoms with E-state index in [9.17, 15) is 9.18 Å². The number of rotatable bonds is 2. The van der Waals surface area contributed by atoms with Crippen LogP contribution in [0.25, 0.3) is 0 Å².